The number of halogens is 1. The molecule has 0 saturated heterocycles. The number of hydrogen-bond acceptors (Lipinski definition) is 2. The highest BCUT2D eigenvalue weighted by Crippen LogP contribution is 2.21. The molecule has 0 fully saturated rings. The third kappa shape index (κ3) is 5.61. The van der Waals surface area contributed by atoms with E-state index in [1.165, 1.54) is 0 Å². The molecule has 2 rings (SSSR count). The molecule has 0 atom stereocenters. The summed E-state index contributed by atoms with van der Waals surface area (Å²) in [4.78, 5) is 13.9. The van der Waals surface area contributed by atoms with E-state index in [1.54, 1.807) is 4.90 Å². The van der Waals surface area contributed by atoms with E-state index in [0.29, 0.717) is 26.0 Å². The summed E-state index contributed by atoms with van der Waals surface area (Å²) in [5.41, 5.74) is 2.12. The highest BCUT2D eigenvalue weighted by molar-refractivity contribution is 6.31. The Hall–Kier alpha value is -2.00. The van der Waals surface area contributed by atoms with E-state index in [-0.39, 0.29) is 5.91 Å². The number of hydrogen-bond donors (Lipinski definition) is 0. The summed E-state index contributed by atoms with van der Waals surface area (Å²) in [6.07, 6.45) is 1.18. The lowest BCUT2D eigenvalue weighted by molar-refractivity contribution is -0.130. The minimum atomic E-state index is 0.129. The molecule has 1 amide bonds. The monoisotopic (exact) mass is 331 g/mol. The van der Waals surface area contributed by atoms with E-state index in [9.17, 15) is 4.79 Å². The van der Waals surface area contributed by atoms with E-state index in [0.717, 1.165) is 21.9 Å². The summed E-state index contributed by atoms with van der Waals surface area (Å²) in [6.45, 7) is 3.10. The molecule has 4 heteroatoms. The lowest BCUT2D eigenvalue weighted by atomic mass is 10.2. The molecule has 0 aliphatic heterocycles. The second-order valence-corrected chi connectivity index (χ2v) is 6.01. The SMILES string of the molecule is Cc1cc(OCCCC(=O)N(C)Cc2ccccc2)ccc1Cl. The van der Waals surface area contributed by atoms with Gasteiger partial charge in [0, 0.05) is 25.0 Å². The molecule has 0 aliphatic carbocycles. The minimum Gasteiger partial charge on any atom is -0.494 e. The van der Waals surface area contributed by atoms with Crippen molar-refractivity contribution in [2.24, 2.45) is 0 Å². The van der Waals surface area contributed by atoms with Gasteiger partial charge < -0.3 is 9.64 Å². The second-order valence-electron chi connectivity index (χ2n) is 5.60. The molecule has 0 saturated carbocycles. The van der Waals surface area contributed by atoms with Gasteiger partial charge in [0.05, 0.1) is 6.61 Å². The number of amides is 1. The number of carbonyl (C=O) groups excluding carboxylic acids is 1. The Morgan fingerprint density at radius 3 is 2.61 bits per heavy atom. The number of ether oxygens (including phenoxy) is 1. The first-order chi connectivity index (χ1) is 11.1. The van der Waals surface area contributed by atoms with Gasteiger partial charge in [0.2, 0.25) is 5.91 Å². The molecule has 0 aliphatic rings. The van der Waals surface area contributed by atoms with E-state index < -0.39 is 0 Å². The first-order valence-electron chi connectivity index (χ1n) is 7.73. The molecule has 2 aromatic carbocycles. The summed E-state index contributed by atoms with van der Waals surface area (Å²) in [6, 6.07) is 15.6. The average Bonchev–Trinajstić information content (AvgIpc) is 2.55. The highest BCUT2D eigenvalue weighted by Gasteiger charge is 2.09. The molecule has 0 unspecified atom stereocenters. The molecule has 0 heterocycles. The van der Waals surface area contributed by atoms with Crippen molar-refractivity contribution in [3.8, 4) is 5.75 Å². The molecule has 0 bridgehead atoms. The van der Waals surface area contributed by atoms with Gasteiger partial charge in [-0.25, -0.2) is 0 Å². The molecule has 3 nitrogen and oxygen atoms in total. The van der Waals surface area contributed by atoms with Crippen molar-refractivity contribution in [3.05, 3.63) is 64.7 Å². The van der Waals surface area contributed by atoms with E-state index >= 15 is 0 Å². The summed E-state index contributed by atoms with van der Waals surface area (Å²) in [5, 5.41) is 0.732. The van der Waals surface area contributed by atoms with E-state index in [1.807, 2.05) is 62.5 Å². The maximum atomic E-state index is 12.1. The highest BCUT2D eigenvalue weighted by atomic mass is 35.5. The van der Waals surface area contributed by atoms with Crippen LogP contribution in [-0.2, 0) is 11.3 Å². The fourth-order valence-electron chi connectivity index (χ4n) is 2.26. The Bertz CT molecular complexity index is 643. The molecule has 0 N–H and O–H groups in total. The Morgan fingerprint density at radius 2 is 1.91 bits per heavy atom. The topological polar surface area (TPSA) is 29.5 Å². The molecule has 2 aromatic rings. The quantitative estimate of drug-likeness (QED) is 0.701. The van der Waals surface area contributed by atoms with Crippen LogP contribution in [0.1, 0.15) is 24.0 Å². The van der Waals surface area contributed by atoms with Crippen LogP contribution in [0, 0.1) is 6.92 Å². The van der Waals surface area contributed by atoms with E-state index in [2.05, 4.69) is 0 Å². The van der Waals surface area contributed by atoms with Gasteiger partial charge in [-0.15, -0.1) is 0 Å². The number of benzene rings is 2. The smallest absolute Gasteiger partial charge is 0.222 e. The third-order valence-electron chi connectivity index (χ3n) is 3.62. The Kier molecular flexibility index (Phi) is 6.48. The van der Waals surface area contributed by atoms with Gasteiger partial charge in [0.1, 0.15) is 5.75 Å². The van der Waals surface area contributed by atoms with Crippen LogP contribution in [-0.4, -0.2) is 24.5 Å². The van der Waals surface area contributed by atoms with Crippen molar-refractivity contribution >= 4 is 17.5 Å². The molecule has 23 heavy (non-hydrogen) atoms. The number of rotatable bonds is 7. The first kappa shape index (κ1) is 17.4. The van der Waals surface area contributed by atoms with Gasteiger partial charge in [-0.3, -0.25) is 4.79 Å². The Labute approximate surface area is 142 Å². The van der Waals surface area contributed by atoms with Crippen LogP contribution >= 0.6 is 11.6 Å². The van der Waals surface area contributed by atoms with Crippen LogP contribution in [0.4, 0.5) is 0 Å². The fraction of sp³-hybridized carbons (Fsp3) is 0.316. The summed E-state index contributed by atoms with van der Waals surface area (Å²) in [7, 11) is 1.83. The zero-order chi connectivity index (χ0) is 16.7. The van der Waals surface area contributed by atoms with Crippen LogP contribution in [0.25, 0.3) is 0 Å². The van der Waals surface area contributed by atoms with Crippen LogP contribution in [0.2, 0.25) is 5.02 Å². The predicted octanol–water partition coefficient (Wildman–Crippen LogP) is 4.47. The summed E-state index contributed by atoms with van der Waals surface area (Å²) < 4.78 is 5.66. The van der Waals surface area contributed by atoms with Crippen molar-refractivity contribution in [1.82, 2.24) is 4.90 Å². The lowest BCUT2D eigenvalue weighted by Gasteiger charge is -2.17. The van der Waals surface area contributed by atoms with Gasteiger partial charge in [-0.2, -0.15) is 0 Å². The van der Waals surface area contributed by atoms with Crippen molar-refractivity contribution in [3.63, 3.8) is 0 Å². The predicted molar refractivity (Wildman–Crippen MR) is 93.8 cm³/mol. The maximum absolute atomic E-state index is 12.1. The lowest BCUT2D eigenvalue weighted by Crippen LogP contribution is -2.26. The maximum Gasteiger partial charge on any atom is 0.222 e. The molecule has 0 spiro atoms. The number of nitrogens with zero attached hydrogens (tertiary/aromatic N) is 1. The molecule has 122 valence electrons. The van der Waals surface area contributed by atoms with E-state index in [4.69, 9.17) is 16.3 Å². The minimum absolute atomic E-state index is 0.129. The van der Waals surface area contributed by atoms with Gasteiger partial charge >= 0.3 is 0 Å². The van der Waals surface area contributed by atoms with Crippen LogP contribution in [0.3, 0.4) is 0 Å². The van der Waals surface area contributed by atoms with Crippen LogP contribution in [0.5, 0.6) is 5.75 Å². The van der Waals surface area contributed by atoms with Gasteiger partial charge in [-0.05, 0) is 42.7 Å². The zero-order valence-corrected chi connectivity index (χ0v) is 14.3. The molecular formula is C19H22ClNO2. The van der Waals surface area contributed by atoms with Crippen LogP contribution < -0.4 is 4.74 Å². The van der Waals surface area contributed by atoms with Gasteiger partial charge in [0.25, 0.3) is 0 Å². The molecular weight excluding hydrogens is 310 g/mol. The molecule has 0 radical (unpaired) electrons. The normalized spacial score (nSPS) is 10.4. The van der Waals surface area contributed by atoms with Crippen molar-refractivity contribution in [2.45, 2.75) is 26.3 Å². The van der Waals surface area contributed by atoms with Gasteiger partial charge in [0.15, 0.2) is 0 Å². The fourth-order valence-corrected chi connectivity index (χ4v) is 2.37. The van der Waals surface area contributed by atoms with Crippen LogP contribution in [0.15, 0.2) is 48.5 Å². The summed E-state index contributed by atoms with van der Waals surface area (Å²) >= 11 is 5.98. The van der Waals surface area contributed by atoms with Crippen molar-refractivity contribution in [2.75, 3.05) is 13.7 Å². The molecule has 0 aromatic heterocycles. The van der Waals surface area contributed by atoms with Crippen molar-refractivity contribution in [1.29, 1.82) is 0 Å². The average molecular weight is 332 g/mol. The van der Waals surface area contributed by atoms with Crippen molar-refractivity contribution < 1.29 is 9.53 Å². The largest absolute Gasteiger partial charge is 0.494 e. The zero-order valence-electron chi connectivity index (χ0n) is 13.6. The number of carbonyl (C=O) groups is 1. The Morgan fingerprint density at radius 1 is 1.17 bits per heavy atom. The summed E-state index contributed by atoms with van der Waals surface area (Å²) in [5.74, 6) is 0.918. The standard InChI is InChI=1S/C19H22ClNO2/c1-15-13-17(10-11-18(15)20)23-12-6-9-19(22)21(2)14-16-7-4-3-5-8-16/h3-5,7-8,10-11,13H,6,9,12,14H2,1-2H3. The Balaban J connectivity index is 1.71. The third-order valence-corrected chi connectivity index (χ3v) is 4.05. The van der Waals surface area contributed by atoms with Gasteiger partial charge in [-0.1, -0.05) is 41.9 Å². The number of aryl methyl sites for hydroxylation is 1. The first-order valence-corrected chi connectivity index (χ1v) is 8.11. The second kappa shape index (κ2) is 8.59.